The van der Waals surface area contributed by atoms with Crippen molar-refractivity contribution in [1.82, 2.24) is 0 Å². The highest BCUT2D eigenvalue weighted by molar-refractivity contribution is 5.09. The Kier molecular flexibility index (Phi) is 6.64. The van der Waals surface area contributed by atoms with Crippen LogP contribution in [0, 0.1) is 29.6 Å². The second kappa shape index (κ2) is 8.72. The Labute approximate surface area is 151 Å². The van der Waals surface area contributed by atoms with E-state index in [1.54, 1.807) is 5.57 Å². The molecule has 24 heavy (non-hydrogen) atoms. The van der Waals surface area contributed by atoms with Crippen LogP contribution in [0.3, 0.4) is 0 Å². The van der Waals surface area contributed by atoms with E-state index in [1.165, 1.54) is 89.0 Å². The molecule has 0 saturated heterocycles. The third-order valence-corrected chi connectivity index (χ3v) is 7.77. The minimum atomic E-state index is 0.918. The van der Waals surface area contributed by atoms with Gasteiger partial charge in [-0.05, 0) is 101 Å². The van der Waals surface area contributed by atoms with Crippen molar-refractivity contribution in [3.8, 4) is 0 Å². The second-order valence-corrected chi connectivity index (χ2v) is 9.08. The van der Waals surface area contributed by atoms with Crippen molar-refractivity contribution in [3.05, 3.63) is 23.8 Å². The van der Waals surface area contributed by atoms with E-state index < -0.39 is 0 Å². The molecule has 0 amide bonds. The average Bonchev–Trinajstić information content (AvgIpc) is 2.62. The molecule has 3 saturated carbocycles. The molecular weight excluding hydrogens is 288 g/mol. The zero-order chi connectivity index (χ0) is 16.9. The Morgan fingerprint density at radius 1 is 1.00 bits per heavy atom. The van der Waals surface area contributed by atoms with Crippen LogP contribution in [0.15, 0.2) is 23.8 Å². The molecule has 136 valence electrons. The van der Waals surface area contributed by atoms with Crippen LogP contribution >= 0.6 is 0 Å². The number of rotatable bonds is 5. The Hall–Kier alpha value is -0.520. The van der Waals surface area contributed by atoms with Gasteiger partial charge in [0.25, 0.3) is 0 Å². The number of hydrogen-bond donors (Lipinski definition) is 0. The maximum Gasteiger partial charge on any atom is -0.0200 e. The van der Waals surface area contributed by atoms with Gasteiger partial charge in [-0.1, -0.05) is 50.0 Å². The molecule has 4 unspecified atom stereocenters. The predicted molar refractivity (Wildman–Crippen MR) is 106 cm³/mol. The molecule has 3 aliphatic carbocycles. The maximum atomic E-state index is 4.24. The monoisotopic (exact) mass is 328 g/mol. The standard InChI is InChI=1S/C24H40/c1-4-6-8-19(5-2)22-16-15-20-9-7-10-23(24(20)17-22)21-13-11-18(3)12-14-21/h5,20-24H,3-4,6-17H2,1-2H3/b19-5-. The lowest BCUT2D eigenvalue weighted by Crippen LogP contribution is -2.38. The molecule has 0 bridgehead atoms. The van der Waals surface area contributed by atoms with Crippen molar-refractivity contribution in [2.45, 2.75) is 97.3 Å². The molecule has 0 aromatic heterocycles. The summed E-state index contributed by atoms with van der Waals surface area (Å²) in [6.45, 7) is 8.87. The van der Waals surface area contributed by atoms with E-state index in [0.717, 1.165) is 29.6 Å². The summed E-state index contributed by atoms with van der Waals surface area (Å²) >= 11 is 0. The van der Waals surface area contributed by atoms with Crippen LogP contribution in [0.1, 0.15) is 97.3 Å². The van der Waals surface area contributed by atoms with Crippen LogP contribution in [-0.2, 0) is 0 Å². The lowest BCUT2D eigenvalue weighted by atomic mass is 9.57. The summed E-state index contributed by atoms with van der Waals surface area (Å²) in [5.74, 6) is 5.09. The molecule has 0 aliphatic heterocycles. The zero-order valence-electron chi connectivity index (χ0n) is 16.4. The van der Waals surface area contributed by atoms with Gasteiger partial charge >= 0.3 is 0 Å². The molecule has 4 atom stereocenters. The van der Waals surface area contributed by atoms with E-state index in [9.17, 15) is 0 Å². The Morgan fingerprint density at radius 3 is 2.46 bits per heavy atom. The summed E-state index contributed by atoms with van der Waals surface area (Å²) in [6, 6.07) is 0. The van der Waals surface area contributed by atoms with Crippen LogP contribution in [0.25, 0.3) is 0 Å². The maximum absolute atomic E-state index is 4.24. The molecule has 3 rings (SSSR count). The highest BCUT2D eigenvalue weighted by Gasteiger charge is 2.41. The number of allylic oxidation sites excluding steroid dienone is 3. The number of unbranched alkanes of at least 4 members (excludes halogenated alkanes) is 1. The van der Waals surface area contributed by atoms with Crippen LogP contribution < -0.4 is 0 Å². The van der Waals surface area contributed by atoms with Gasteiger partial charge in [-0.25, -0.2) is 0 Å². The van der Waals surface area contributed by atoms with Gasteiger partial charge in [-0.3, -0.25) is 0 Å². The quantitative estimate of drug-likeness (QED) is 0.453. The van der Waals surface area contributed by atoms with Crippen molar-refractivity contribution in [3.63, 3.8) is 0 Å². The summed E-state index contributed by atoms with van der Waals surface area (Å²) in [6.07, 6.45) is 21.2. The third-order valence-electron chi connectivity index (χ3n) is 7.77. The molecule has 0 radical (unpaired) electrons. The van der Waals surface area contributed by atoms with Crippen molar-refractivity contribution in [2.24, 2.45) is 29.6 Å². The summed E-state index contributed by atoms with van der Waals surface area (Å²) in [7, 11) is 0. The molecule has 0 heterocycles. The Bertz CT molecular complexity index is 433. The molecule has 0 N–H and O–H groups in total. The molecular formula is C24H40. The molecule has 0 spiro atoms. The molecule has 3 fully saturated rings. The van der Waals surface area contributed by atoms with Crippen LogP contribution in [0.5, 0.6) is 0 Å². The highest BCUT2D eigenvalue weighted by atomic mass is 14.5. The van der Waals surface area contributed by atoms with E-state index in [-0.39, 0.29) is 0 Å². The van der Waals surface area contributed by atoms with Crippen LogP contribution in [0.4, 0.5) is 0 Å². The fraction of sp³-hybridized carbons (Fsp3) is 0.833. The van der Waals surface area contributed by atoms with Crippen LogP contribution in [-0.4, -0.2) is 0 Å². The number of fused-ring (bicyclic) bond motifs is 1. The lowest BCUT2D eigenvalue weighted by Gasteiger charge is -2.48. The molecule has 0 aromatic carbocycles. The minimum absolute atomic E-state index is 0.918. The first-order chi connectivity index (χ1) is 11.7. The molecule has 0 aromatic rings. The van der Waals surface area contributed by atoms with Crippen molar-refractivity contribution in [1.29, 1.82) is 0 Å². The van der Waals surface area contributed by atoms with E-state index in [1.807, 2.05) is 0 Å². The number of hydrogen-bond acceptors (Lipinski definition) is 0. The predicted octanol–water partition coefficient (Wildman–Crippen LogP) is 7.70. The fourth-order valence-corrected chi connectivity index (χ4v) is 6.34. The Morgan fingerprint density at radius 2 is 1.75 bits per heavy atom. The van der Waals surface area contributed by atoms with Gasteiger partial charge in [-0.15, -0.1) is 0 Å². The van der Waals surface area contributed by atoms with E-state index in [4.69, 9.17) is 0 Å². The fourth-order valence-electron chi connectivity index (χ4n) is 6.34. The summed E-state index contributed by atoms with van der Waals surface area (Å²) in [5, 5.41) is 0. The Balaban J connectivity index is 1.66. The van der Waals surface area contributed by atoms with Crippen molar-refractivity contribution >= 4 is 0 Å². The van der Waals surface area contributed by atoms with Crippen LogP contribution in [0.2, 0.25) is 0 Å². The lowest BCUT2D eigenvalue weighted by molar-refractivity contribution is 0.0390. The molecule has 0 heteroatoms. The summed E-state index contributed by atoms with van der Waals surface area (Å²) < 4.78 is 0. The third kappa shape index (κ3) is 4.17. The zero-order valence-corrected chi connectivity index (χ0v) is 16.4. The van der Waals surface area contributed by atoms with Gasteiger partial charge in [0.05, 0.1) is 0 Å². The smallest absolute Gasteiger partial charge is 0.0200 e. The normalized spacial score (nSPS) is 35.8. The minimum Gasteiger partial charge on any atom is -0.0999 e. The average molecular weight is 329 g/mol. The summed E-state index contributed by atoms with van der Waals surface area (Å²) in [5.41, 5.74) is 3.33. The van der Waals surface area contributed by atoms with Gasteiger partial charge in [0.1, 0.15) is 0 Å². The SMILES string of the molecule is C=C1CCC(C2CCCC3CCC(/C(=C\C)CCCC)CC32)CC1. The van der Waals surface area contributed by atoms with Gasteiger partial charge in [0.15, 0.2) is 0 Å². The topological polar surface area (TPSA) is 0 Å². The van der Waals surface area contributed by atoms with E-state index in [0.29, 0.717) is 0 Å². The highest BCUT2D eigenvalue weighted by Crippen LogP contribution is 2.52. The van der Waals surface area contributed by atoms with Gasteiger partial charge in [0.2, 0.25) is 0 Å². The van der Waals surface area contributed by atoms with Gasteiger partial charge in [-0.2, -0.15) is 0 Å². The van der Waals surface area contributed by atoms with Crippen molar-refractivity contribution < 1.29 is 0 Å². The first kappa shape index (κ1) is 18.3. The van der Waals surface area contributed by atoms with Gasteiger partial charge in [0, 0.05) is 0 Å². The first-order valence-corrected chi connectivity index (χ1v) is 11.0. The second-order valence-electron chi connectivity index (χ2n) is 9.08. The van der Waals surface area contributed by atoms with E-state index in [2.05, 4.69) is 26.5 Å². The van der Waals surface area contributed by atoms with E-state index >= 15 is 0 Å². The van der Waals surface area contributed by atoms with Crippen molar-refractivity contribution in [2.75, 3.05) is 0 Å². The first-order valence-electron chi connectivity index (χ1n) is 11.0. The largest absolute Gasteiger partial charge is 0.0999 e. The van der Waals surface area contributed by atoms with Gasteiger partial charge < -0.3 is 0 Å². The summed E-state index contributed by atoms with van der Waals surface area (Å²) in [4.78, 5) is 0. The molecule has 0 nitrogen and oxygen atoms in total. The molecule has 3 aliphatic rings.